The molecule has 2 aromatic carbocycles. The van der Waals surface area contributed by atoms with Gasteiger partial charge in [-0.3, -0.25) is 4.79 Å². The number of rotatable bonds is 5. The zero-order valence-corrected chi connectivity index (χ0v) is 11.1. The minimum atomic E-state index is -1.24. The molecule has 0 aliphatic heterocycles. The van der Waals surface area contributed by atoms with E-state index in [2.05, 4.69) is 0 Å². The summed E-state index contributed by atoms with van der Waals surface area (Å²) in [5.74, 6) is -0.809. The van der Waals surface area contributed by atoms with E-state index in [0.29, 0.717) is 28.2 Å². The summed E-state index contributed by atoms with van der Waals surface area (Å²) >= 11 is 5.97. The van der Waals surface area contributed by atoms with Crippen LogP contribution in [-0.2, 0) is 6.61 Å². The zero-order chi connectivity index (χ0) is 14.5. The Morgan fingerprint density at radius 2 is 2.05 bits per heavy atom. The van der Waals surface area contributed by atoms with Gasteiger partial charge in [0.05, 0.1) is 11.0 Å². The molecule has 0 saturated carbocycles. The van der Waals surface area contributed by atoms with Crippen LogP contribution in [0.1, 0.15) is 26.3 Å². The summed E-state index contributed by atoms with van der Waals surface area (Å²) in [6, 6.07) is 11.0. The molecule has 0 aliphatic carbocycles. The van der Waals surface area contributed by atoms with E-state index in [1.165, 1.54) is 18.2 Å². The van der Waals surface area contributed by atoms with E-state index in [9.17, 15) is 14.7 Å². The third-order valence-electron chi connectivity index (χ3n) is 2.65. The van der Waals surface area contributed by atoms with E-state index in [1.54, 1.807) is 24.3 Å². The Kier molecular flexibility index (Phi) is 4.38. The highest BCUT2D eigenvalue weighted by molar-refractivity contribution is 6.32. The summed E-state index contributed by atoms with van der Waals surface area (Å²) in [4.78, 5) is 21.3. The molecule has 0 spiro atoms. The maximum atomic E-state index is 10.7. The Bertz CT molecular complexity index is 652. The number of aromatic carboxylic acids is 1. The molecule has 0 saturated heterocycles. The molecule has 0 aromatic heterocycles. The lowest BCUT2D eigenvalue weighted by molar-refractivity contribution is -0.255. The fourth-order valence-electron chi connectivity index (χ4n) is 1.66. The van der Waals surface area contributed by atoms with E-state index in [0.717, 1.165) is 0 Å². The van der Waals surface area contributed by atoms with Gasteiger partial charge in [0.25, 0.3) is 0 Å². The minimum Gasteiger partial charge on any atom is -0.545 e. The monoisotopic (exact) mass is 289 g/mol. The van der Waals surface area contributed by atoms with Gasteiger partial charge in [0.2, 0.25) is 0 Å². The molecular formula is C15H10ClO4-. The quantitative estimate of drug-likeness (QED) is 0.791. The molecule has 0 unspecified atom stereocenters. The van der Waals surface area contributed by atoms with Gasteiger partial charge < -0.3 is 14.6 Å². The van der Waals surface area contributed by atoms with Gasteiger partial charge in [-0.05, 0) is 35.4 Å². The number of halogens is 1. The van der Waals surface area contributed by atoms with Crippen molar-refractivity contribution in [1.82, 2.24) is 0 Å². The van der Waals surface area contributed by atoms with Crippen LogP contribution in [-0.4, -0.2) is 12.3 Å². The van der Waals surface area contributed by atoms with Crippen molar-refractivity contribution >= 4 is 23.9 Å². The highest BCUT2D eigenvalue weighted by Gasteiger charge is 2.04. The molecule has 0 amide bonds. The van der Waals surface area contributed by atoms with Gasteiger partial charge in [-0.2, -0.15) is 0 Å². The standard InChI is InChI=1S/C15H11ClO4/c16-13-7-10(8-17)4-5-14(13)20-9-11-2-1-3-12(6-11)15(18)19/h1-8H,9H2,(H,18,19)/p-1. The third kappa shape index (κ3) is 3.36. The fourth-order valence-corrected chi connectivity index (χ4v) is 1.90. The summed E-state index contributed by atoms with van der Waals surface area (Å²) in [6.07, 6.45) is 0.693. The van der Waals surface area contributed by atoms with Crippen molar-refractivity contribution in [3.63, 3.8) is 0 Å². The van der Waals surface area contributed by atoms with Crippen molar-refractivity contribution in [2.45, 2.75) is 6.61 Å². The van der Waals surface area contributed by atoms with Crippen molar-refractivity contribution in [3.05, 3.63) is 64.2 Å². The average molecular weight is 290 g/mol. The highest BCUT2D eigenvalue weighted by atomic mass is 35.5. The molecule has 5 heteroatoms. The number of carboxylic acids is 1. The molecule has 0 aliphatic rings. The van der Waals surface area contributed by atoms with Crippen LogP contribution >= 0.6 is 11.6 Å². The van der Waals surface area contributed by atoms with Crippen LogP contribution in [0.3, 0.4) is 0 Å². The van der Waals surface area contributed by atoms with E-state index < -0.39 is 5.97 Å². The Morgan fingerprint density at radius 1 is 1.25 bits per heavy atom. The van der Waals surface area contributed by atoms with Gasteiger partial charge in [0.1, 0.15) is 18.6 Å². The molecule has 20 heavy (non-hydrogen) atoms. The number of benzene rings is 2. The second kappa shape index (κ2) is 6.21. The Balaban J connectivity index is 2.10. The highest BCUT2D eigenvalue weighted by Crippen LogP contribution is 2.25. The first kappa shape index (κ1) is 14.1. The van der Waals surface area contributed by atoms with Gasteiger partial charge in [-0.1, -0.05) is 29.8 Å². The molecule has 2 aromatic rings. The normalized spacial score (nSPS) is 10.1. The summed E-state index contributed by atoms with van der Waals surface area (Å²) in [5.41, 5.74) is 1.23. The van der Waals surface area contributed by atoms with Gasteiger partial charge in [-0.25, -0.2) is 0 Å². The average Bonchev–Trinajstić information content (AvgIpc) is 2.46. The predicted octanol–water partition coefficient (Wildman–Crippen LogP) is 2.10. The number of hydrogen-bond donors (Lipinski definition) is 0. The molecule has 2 rings (SSSR count). The van der Waals surface area contributed by atoms with E-state index in [4.69, 9.17) is 16.3 Å². The molecule has 0 atom stereocenters. The molecule has 0 bridgehead atoms. The predicted molar refractivity (Wildman–Crippen MR) is 71.9 cm³/mol. The van der Waals surface area contributed by atoms with E-state index >= 15 is 0 Å². The lowest BCUT2D eigenvalue weighted by Crippen LogP contribution is -2.22. The van der Waals surface area contributed by atoms with Crippen LogP contribution in [0.25, 0.3) is 0 Å². The maximum absolute atomic E-state index is 10.7. The fraction of sp³-hybridized carbons (Fsp3) is 0.0667. The van der Waals surface area contributed by atoms with Crippen LogP contribution in [0.5, 0.6) is 5.75 Å². The lowest BCUT2D eigenvalue weighted by Gasteiger charge is -2.10. The van der Waals surface area contributed by atoms with Gasteiger partial charge in [-0.15, -0.1) is 0 Å². The van der Waals surface area contributed by atoms with Crippen LogP contribution in [0, 0.1) is 0 Å². The second-order valence-corrected chi connectivity index (χ2v) is 4.49. The third-order valence-corrected chi connectivity index (χ3v) is 2.94. The number of aldehydes is 1. The molecule has 0 N–H and O–H groups in total. The minimum absolute atomic E-state index is 0.0912. The Morgan fingerprint density at radius 3 is 2.70 bits per heavy atom. The van der Waals surface area contributed by atoms with Crippen molar-refractivity contribution in [3.8, 4) is 5.75 Å². The number of carboxylic acid groups (broad SMARTS) is 1. The summed E-state index contributed by atoms with van der Waals surface area (Å²) in [6.45, 7) is 0.168. The van der Waals surface area contributed by atoms with Crippen LogP contribution < -0.4 is 9.84 Å². The number of carbonyl (C=O) groups excluding carboxylic acids is 2. The maximum Gasteiger partial charge on any atom is 0.150 e. The number of hydrogen-bond acceptors (Lipinski definition) is 4. The number of ether oxygens (including phenoxy) is 1. The van der Waals surface area contributed by atoms with Gasteiger partial charge >= 0.3 is 0 Å². The van der Waals surface area contributed by atoms with Crippen molar-refractivity contribution in [1.29, 1.82) is 0 Å². The molecule has 0 heterocycles. The second-order valence-electron chi connectivity index (χ2n) is 4.08. The van der Waals surface area contributed by atoms with Gasteiger partial charge in [0.15, 0.2) is 0 Å². The Hall–Kier alpha value is -2.33. The van der Waals surface area contributed by atoms with Crippen molar-refractivity contribution < 1.29 is 19.4 Å². The molecule has 102 valence electrons. The first-order chi connectivity index (χ1) is 9.60. The van der Waals surface area contributed by atoms with E-state index in [1.807, 2.05) is 0 Å². The van der Waals surface area contributed by atoms with Crippen LogP contribution in [0.2, 0.25) is 5.02 Å². The first-order valence-corrected chi connectivity index (χ1v) is 6.16. The summed E-state index contributed by atoms with van der Waals surface area (Å²) < 4.78 is 5.50. The van der Waals surface area contributed by atoms with Crippen LogP contribution in [0.4, 0.5) is 0 Å². The molecule has 0 radical (unpaired) electrons. The smallest absolute Gasteiger partial charge is 0.150 e. The first-order valence-electron chi connectivity index (χ1n) is 5.78. The topological polar surface area (TPSA) is 66.4 Å². The lowest BCUT2D eigenvalue weighted by atomic mass is 10.1. The molecule has 4 nitrogen and oxygen atoms in total. The zero-order valence-electron chi connectivity index (χ0n) is 10.3. The van der Waals surface area contributed by atoms with Gasteiger partial charge in [0, 0.05) is 5.56 Å². The van der Waals surface area contributed by atoms with E-state index in [-0.39, 0.29) is 12.2 Å². The molecule has 0 fully saturated rings. The summed E-state index contributed by atoms with van der Waals surface area (Å²) in [7, 11) is 0. The Labute approximate surface area is 120 Å². The molecular weight excluding hydrogens is 280 g/mol. The SMILES string of the molecule is O=Cc1ccc(OCc2cccc(C(=O)[O-])c2)c(Cl)c1. The van der Waals surface area contributed by atoms with Crippen molar-refractivity contribution in [2.24, 2.45) is 0 Å². The van der Waals surface area contributed by atoms with Crippen molar-refractivity contribution in [2.75, 3.05) is 0 Å². The number of carbonyl (C=O) groups is 2. The summed E-state index contributed by atoms with van der Waals surface area (Å²) in [5, 5.41) is 11.1. The largest absolute Gasteiger partial charge is 0.545 e. The van der Waals surface area contributed by atoms with Crippen LogP contribution in [0.15, 0.2) is 42.5 Å².